The third-order valence-electron chi connectivity index (χ3n) is 0. The molecule has 2 radical (unpaired) electrons. The maximum absolute atomic E-state index is 8.25. The van der Waals surface area contributed by atoms with Crippen molar-refractivity contribution in [2.75, 3.05) is 0 Å². The van der Waals surface area contributed by atoms with Gasteiger partial charge in [-0.1, -0.05) is 0 Å². The fourth-order valence-electron chi connectivity index (χ4n) is 0. The van der Waals surface area contributed by atoms with Crippen LogP contribution in [0.5, 0.6) is 0 Å². The average molecular weight is 404 g/mol. The van der Waals surface area contributed by atoms with Gasteiger partial charge in [-0.2, -0.15) is 0 Å². The molecule has 0 N–H and O–H groups in total. The van der Waals surface area contributed by atoms with E-state index in [0.717, 1.165) is 0 Å². The first-order chi connectivity index (χ1) is 3.46. The maximum Gasteiger partial charge on any atom is 3.00 e. The van der Waals surface area contributed by atoms with Crippen molar-refractivity contribution in [2.24, 2.45) is 0 Å². The zero-order valence-corrected chi connectivity index (χ0v) is 10.6. The second-order valence-corrected chi connectivity index (χ2v) is 0.447. The van der Waals surface area contributed by atoms with Crippen LogP contribution >= 0.6 is 0 Å². The molecule has 0 aliphatic heterocycles. The monoisotopic (exact) mass is 404 g/mol. The van der Waals surface area contributed by atoms with Crippen molar-refractivity contribution in [3.63, 3.8) is 0 Å². The SMILES string of the molecule is O=[N+]([O-])[O-].O=[N+]([O-])[O-].[Ce+3].[Ce+3]. The van der Waals surface area contributed by atoms with Crippen molar-refractivity contribution in [1.82, 2.24) is 0 Å². The molecule has 0 aliphatic carbocycles. The minimum absolute atomic E-state index is 0. The van der Waals surface area contributed by atoms with Crippen molar-refractivity contribution in [1.29, 1.82) is 0 Å². The Hall–Kier alpha value is 1.15. The van der Waals surface area contributed by atoms with Crippen LogP contribution in [-0.2, 0) is 0 Å². The molecule has 0 aromatic carbocycles. The fraction of sp³-hybridized carbons (Fsp3) is 0. The Balaban J connectivity index is -0.0000000300. The molecule has 0 aromatic rings. The summed E-state index contributed by atoms with van der Waals surface area (Å²) in [5.41, 5.74) is 0. The van der Waals surface area contributed by atoms with Crippen LogP contribution in [-0.4, -0.2) is 10.2 Å². The summed E-state index contributed by atoms with van der Waals surface area (Å²) in [5, 5.41) is 29.5. The largest absolute Gasteiger partial charge is 3.00 e. The summed E-state index contributed by atoms with van der Waals surface area (Å²) < 4.78 is 0. The Morgan fingerprint density at radius 3 is 0.700 bits per heavy atom. The van der Waals surface area contributed by atoms with Crippen LogP contribution in [0.15, 0.2) is 0 Å². The number of hydrogen-bond acceptors (Lipinski definition) is 6. The summed E-state index contributed by atoms with van der Waals surface area (Å²) in [5.74, 6) is 0. The first kappa shape index (κ1) is 22.5. The van der Waals surface area contributed by atoms with E-state index in [-0.39, 0.29) is 83.5 Å². The summed E-state index contributed by atoms with van der Waals surface area (Å²) in [6.45, 7) is 0. The number of nitrogens with zero attached hydrogens (tertiary/aromatic N) is 2. The van der Waals surface area contributed by atoms with Crippen LogP contribution < -0.4 is 0 Å². The van der Waals surface area contributed by atoms with Gasteiger partial charge in [0.25, 0.3) is 0 Å². The molecule has 10 heteroatoms. The van der Waals surface area contributed by atoms with E-state index in [1.54, 1.807) is 0 Å². The smallest absolute Gasteiger partial charge is 0.356 e. The second kappa shape index (κ2) is 16.6. The average Bonchev–Trinajstić information content (AvgIpc) is 1.25. The second-order valence-electron chi connectivity index (χ2n) is 0.447. The Labute approximate surface area is 122 Å². The van der Waals surface area contributed by atoms with E-state index in [9.17, 15) is 0 Å². The summed E-state index contributed by atoms with van der Waals surface area (Å²) in [7, 11) is 0. The van der Waals surface area contributed by atoms with E-state index in [2.05, 4.69) is 0 Å². The summed E-state index contributed by atoms with van der Waals surface area (Å²) in [6.07, 6.45) is 0. The van der Waals surface area contributed by atoms with Crippen LogP contribution in [0.25, 0.3) is 0 Å². The molecular formula is Ce2N2O6+4. The van der Waals surface area contributed by atoms with E-state index in [4.69, 9.17) is 30.6 Å². The summed E-state index contributed by atoms with van der Waals surface area (Å²) in [4.78, 5) is 16.5. The standard InChI is InChI=1S/2Ce.2NO3/c;;2*2-1(3)4/q2*+3;2*-1. The van der Waals surface area contributed by atoms with E-state index in [1.807, 2.05) is 0 Å². The van der Waals surface area contributed by atoms with E-state index >= 15 is 0 Å². The molecule has 0 amide bonds. The molecule has 0 rings (SSSR count). The molecule has 0 saturated carbocycles. The van der Waals surface area contributed by atoms with Crippen molar-refractivity contribution in [2.45, 2.75) is 0 Å². The molecule has 0 fully saturated rings. The predicted octanol–water partition coefficient (Wildman–Crippen LogP) is -0.478. The molecule has 0 aliphatic rings. The molecule has 0 unspecified atom stereocenters. The van der Waals surface area contributed by atoms with Gasteiger partial charge >= 0.3 is 83.5 Å². The molecular weight excluding hydrogens is 404 g/mol. The Bertz CT molecular complexity index is 71.7. The molecule has 0 aromatic heterocycles. The van der Waals surface area contributed by atoms with Crippen LogP contribution in [0.2, 0.25) is 0 Å². The van der Waals surface area contributed by atoms with Crippen molar-refractivity contribution in [3.05, 3.63) is 30.6 Å². The Morgan fingerprint density at radius 2 is 0.700 bits per heavy atom. The van der Waals surface area contributed by atoms with Gasteiger partial charge in [0.15, 0.2) is 0 Å². The normalized spacial score (nSPS) is 4.80. The van der Waals surface area contributed by atoms with Crippen molar-refractivity contribution < 1.29 is 93.7 Å². The van der Waals surface area contributed by atoms with Gasteiger partial charge in [-0.3, -0.25) is 0 Å². The van der Waals surface area contributed by atoms with E-state index in [1.165, 1.54) is 0 Å². The minimum atomic E-state index is -1.75. The van der Waals surface area contributed by atoms with E-state index in [0.29, 0.717) is 0 Å². The van der Waals surface area contributed by atoms with Gasteiger partial charge in [0, 0.05) is 0 Å². The van der Waals surface area contributed by atoms with Crippen LogP contribution in [0.3, 0.4) is 0 Å². The molecule has 0 bridgehead atoms. The number of rotatable bonds is 0. The number of hydrogen-bond donors (Lipinski definition) is 0. The summed E-state index contributed by atoms with van der Waals surface area (Å²) >= 11 is 0. The van der Waals surface area contributed by atoms with Crippen molar-refractivity contribution >= 4 is 0 Å². The zero-order valence-electron chi connectivity index (χ0n) is 4.34. The first-order valence-electron chi connectivity index (χ1n) is 1.10. The predicted molar refractivity (Wildman–Crippen MR) is 20.7 cm³/mol. The van der Waals surface area contributed by atoms with Gasteiger partial charge < -0.3 is 30.6 Å². The molecule has 10 heavy (non-hydrogen) atoms. The van der Waals surface area contributed by atoms with Gasteiger partial charge in [-0.25, -0.2) is 0 Å². The van der Waals surface area contributed by atoms with E-state index < -0.39 is 10.2 Å². The molecule has 0 saturated heterocycles. The van der Waals surface area contributed by atoms with Gasteiger partial charge in [-0.15, -0.1) is 0 Å². The van der Waals surface area contributed by atoms with Gasteiger partial charge in [-0.05, 0) is 0 Å². The van der Waals surface area contributed by atoms with Gasteiger partial charge in [0.2, 0.25) is 0 Å². The maximum atomic E-state index is 8.25. The third kappa shape index (κ3) is 458. The zero-order chi connectivity index (χ0) is 7.15. The Morgan fingerprint density at radius 1 is 0.700 bits per heavy atom. The van der Waals surface area contributed by atoms with Crippen LogP contribution in [0.4, 0.5) is 0 Å². The first-order valence-corrected chi connectivity index (χ1v) is 1.10. The van der Waals surface area contributed by atoms with Gasteiger partial charge in [0.05, 0.1) is 10.2 Å². The van der Waals surface area contributed by atoms with Crippen LogP contribution in [0.1, 0.15) is 0 Å². The van der Waals surface area contributed by atoms with Crippen molar-refractivity contribution in [3.8, 4) is 0 Å². The quantitative estimate of drug-likeness (QED) is 0.396. The summed E-state index contributed by atoms with van der Waals surface area (Å²) in [6, 6.07) is 0. The minimum Gasteiger partial charge on any atom is -0.356 e. The third-order valence-corrected chi connectivity index (χ3v) is 0. The van der Waals surface area contributed by atoms with Gasteiger partial charge in [0.1, 0.15) is 0 Å². The van der Waals surface area contributed by atoms with Crippen LogP contribution in [0, 0.1) is 114 Å². The molecule has 0 spiro atoms. The topological polar surface area (TPSA) is 132 Å². The fourth-order valence-corrected chi connectivity index (χ4v) is 0. The molecule has 0 atom stereocenters. The Kier molecular flexibility index (Phi) is 37.4. The molecule has 50 valence electrons. The molecule has 8 nitrogen and oxygen atoms in total. The molecule has 0 heterocycles.